The molecule has 1 N–H and O–H groups in total. The first-order valence-corrected chi connectivity index (χ1v) is 9.64. The number of carboxylic acids is 1. The Labute approximate surface area is 163 Å². The van der Waals surface area contributed by atoms with Gasteiger partial charge < -0.3 is 9.84 Å². The third-order valence-corrected chi connectivity index (χ3v) is 5.40. The highest BCUT2D eigenvalue weighted by Crippen LogP contribution is 2.34. The summed E-state index contributed by atoms with van der Waals surface area (Å²) < 4.78 is 5.18. The molecule has 2 atom stereocenters. The Kier molecular flexibility index (Phi) is 5.96. The van der Waals surface area contributed by atoms with E-state index in [4.69, 9.17) is 4.74 Å². The summed E-state index contributed by atoms with van der Waals surface area (Å²) in [6.45, 7) is 3.76. The molecule has 2 aromatic rings. The number of nitrogens with zero attached hydrogens (tertiary/aromatic N) is 2. The fourth-order valence-corrected chi connectivity index (χ4v) is 3.93. The Morgan fingerprint density at radius 3 is 2.56 bits per heavy atom. The number of hydrogen-bond acceptors (Lipinski definition) is 5. The van der Waals surface area contributed by atoms with E-state index < -0.39 is 17.9 Å². The Balaban J connectivity index is 1.83. The van der Waals surface area contributed by atoms with E-state index >= 15 is 0 Å². The van der Waals surface area contributed by atoms with E-state index in [1.165, 1.54) is 11.8 Å². The van der Waals surface area contributed by atoms with Gasteiger partial charge in [0.25, 0.3) is 0 Å². The number of amidine groups is 1. The van der Waals surface area contributed by atoms with Crippen LogP contribution < -0.4 is 4.74 Å². The fraction of sp³-hybridized carbons (Fsp3) is 0.286. The molecule has 0 saturated carbocycles. The second-order valence-electron chi connectivity index (χ2n) is 6.48. The summed E-state index contributed by atoms with van der Waals surface area (Å²) in [6.07, 6.45) is 0. The number of methoxy groups -OCH3 is 1. The molecule has 0 bridgehead atoms. The van der Waals surface area contributed by atoms with Crippen molar-refractivity contribution in [2.45, 2.75) is 25.6 Å². The summed E-state index contributed by atoms with van der Waals surface area (Å²) in [4.78, 5) is 20.9. The number of hydrogen-bond donors (Lipinski definition) is 1. The van der Waals surface area contributed by atoms with Gasteiger partial charge in [0.15, 0.2) is 5.17 Å². The lowest BCUT2D eigenvalue weighted by Crippen LogP contribution is -2.31. The van der Waals surface area contributed by atoms with Gasteiger partial charge in [0.2, 0.25) is 0 Å². The van der Waals surface area contributed by atoms with Gasteiger partial charge in [-0.1, -0.05) is 53.7 Å². The molecular formula is C21H22N2O3S. The second-order valence-corrected chi connectivity index (χ2v) is 7.42. The van der Waals surface area contributed by atoms with E-state index in [-0.39, 0.29) is 0 Å². The van der Waals surface area contributed by atoms with Crippen molar-refractivity contribution >= 4 is 28.6 Å². The van der Waals surface area contributed by atoms with E-state index in [0.29, 0.717) is 16.6 Å². The summed E-state index contributed by atoms with van der Waals surface area (Å²) in [5, 5.41) is 10.3. The fourth-order valence-electron chi connectivity index (χ4n) is 3.05. The first-order chi connectivity index (χ1) is 13.0. The molecule has 0 aromatic heterocycles. The average Bonchev–Trinajstić information content (AvgIpc) is 2.66. The monoisotopic (exact) mass is 382 g/mol. The number of carboxylic acid groups (broad SMARTS) is 1. The van der Waals surface area contributed by atoms with Crippen LogP contribution in [-0.2, 0) is 10.5 Å². The molecule has 140 valence electrons. The quantitative estimate of drug-likeness (QED) is 0.826. The van der Waals surface area contributed by atoms with Gasteiger partial charge in [-0.05, 0) is 37.1 Å². The van der Waals surface area contributed by atoms with Crippen LogP contribution in [0.2, 0.25) is 0 Å². The van der Waals surface area contributed by atoms with Gasteiger partial charge in [-0.15, -0.1) is 0 Å². The Hall–Kier alpha value is -2.60. The highest BCUT2D eigenvalue weighted by atomic mass is 32.2. The molecule has 5 nitrogen and oxygen atoms in total. The lowest BCUT2D eigenvalue weighted by atomic mass is 9.88. The zero-order valence-electron chi connectivity index (χ0n) is 15.5. The van der Waals surface area contributed by atoms with Crippen molar-refractivity contribution in [2.24, 2.45) is 15.9 Å². The predicted molar refractivity (Wildman–Crippen MR) is 110 cm³/mol. The number of aryl methyl sites for hydroxylation is 1. The third kappa shape index (κ3) is 4.57. The minimum absolute atomic E-state index is 0.460. The van der Waals surface area contributed by atoms with Crippen molar-refractivity contribution in [3.63, 3.8) is 0 Å². The smallest absolute Gasteiger partial charge is 0.314 e. The van der Waals surface area contributed by atoms with Crippen molar-refractivity contribution in [3.8, 4) is 5.75 Å². The summed E-state index contributed by atoms with van der Waals surface area (Å²) in [6, 6.07) is 15.2. The molecule has 1 aliphatic rings. The molecule has 6 heteroatoms. The number of benzene rings is 2. The molecule has 0 aliphatic carbocycles. The number of thioether (sulfide) groups is 1. The van der Waals surface area contributed by atoms with Crippen LogP contribution in [0.5, 0.6) is 5.75 Å². The Morgan fingerprint density at radius 2 is 1.93 bits per heavy atom. The first-order valence-electron chi connectivity index (χ1n) is 8.66. The standard InChI is InChI=1S/C21H22N2O3S/c1-13-5-4-6-16(11-13)19-18(20(24)25)14(2)22-21(23-19)27-12-15-7-9-17(26-3)10-8-15/h4-11,18-19H,12H2,1-3H3,(H,24,25). The molecule has 2 aromatic carbocycles. The number of aliphatic carboxylic acids is 1. The number of rotatable bonds is 5. The van der Waals surface area contributed by atoms with Gasteiger partial charge in [0.1, 0.15) is 11.7 Å². The highest BCUT2D eigenvalue weighted by Gasteiger charge is 2.35. The van der Waals surface area contributed by atoms with E-state index in [9.17, 15) is 9.90 Å². The first kappa shape index (κ1) is 19.2. The molecule has 0 amide bonds. The van der Waals surface area contributed by atoms with Crippen LogP contribution in [0, 0.1) is 12.8 Å². The van der Waals surface area contributed by atoms with Gasteiger partial charge in [0.05, 0.1) is 13.2 Å². The van der Waals surface area contributed by atoms with Gasteiger partial charge in [-0.2, -0.15) is 0 Å². The molecule has 1 aliphatic heterocycles. The zero-order valence-corrected chi connectivity index (χ0v) is 16.4. The highest BCUT2D eigenvalue weighted by molar-refractivity contribution is 8.13. The lowest BCUT2D eigenvalue weighted by Gasteiger charge is -2.25. The maximum absolute atomic E-state index is 11.8. The van der Waals surface area contributed by atoms with Crippen LogP contribution in [0.15, 0.2) is 58.5 Å². The van der Waals surface area contributed by atoms with Crippen LogP contribution >= 0.6 is 11.8 Å². The van der Waals surface area contributed by atoms with Gasteiger partial charge in [-0.25, -0.2) is 4.99 Å². The summed E-state index contributed by atoms with van der Waals surface area (Å²) in [5.74, 6) is -0.114. The van der Waals surface area contributed by atoms with Crippen LogP contribution in [0.1, 0.15) is 29.7 Å². The molecule has 0 radical (unpaired) electrons. The average molecular weight is 382 g/mol. The predicted octanol–water partition coefficient (Wildman–Crippen LogP) is 4.51. The minimum Gasteiger partial charge on any atom is -0.497 e. The largest absolute Gasteiger partial charge is 0.497 e. The molecule has 27 heavy (non-hydrogen) atoms. The minimum atomic E-state index is -0.897. The number of carbonyl (C=O) groups is 1. The lowest BCUT2D eigenvalue weighted by molar-refractivity contribution is -0.140. The molecule has 0 spiro atoms. The van der Waals surface area contributed by atoms with Crippen molar-refractivity contribution in [1.29, 1.82) is 0 Å². The van der Waals surface area contributed by atoms with E-state index in [1.807, 2.05) is 55.5 Å². The van der Waals surface area contributed by atoms with Gasteiger partial charge >= 0.3 is 5.97 Å². The Morgan fingerprint density at radius 1 is 1.19 bits per heavy atom. The molecule has 2 unspecified atom stereocenters. The normalized spacial score (nSPS) is 19.2. The van der Waals surface area contributed by atoms with Crippen molar-refractivity contribution in [2.75, 3.05) is 7.11 Å². The Bertz CT molecular complexity index is 891. The molecule has 3 rings (SSSR count). The second kappa shape index (κ2) is 8.39. The van der Waals surface area contributed by atoms with Crippen LogP contribution in [-0.4, -0.2) is 29.1 Å². The van der Waals surface area contributed by atoms with Crippen molar-refractivity contribution in [3.05, 3.63) is 65.2 Å². The van der Waals surface area contributed by atoms with Gasteiger partial charge in [-0.3, -0.25) is 9.79 Å². The van der Waals surface area contributed by atoms with Gasteiger partial charge in [0, 0.05) is 11.5 Å². The van der Waals surface area contributed by atoms with Crippen LogP contribution in [0.3, 0.4) is 0 Å². The maximum atomic E-state index is 11.8. The summed E-state index contributed by atoms with van der Waals surface area (Å²) in [7, 11) is 1.64. The van der Waals surface area contributed by atoms with Crippen molar-refractivity contribution < 1.29 is 14.6 Å². The number of aliphatic imine (C=N–C) groups is 2. The van der Waals surface area contributed by atoms with E-state index in [2.05, 4.69) is 9.98 Å². The molecular weight excluding hydrogens is 360 g/mol. The van der Waals surface area contributed by atoms with E-state index in [1.54, 1.807) is 14.0 Å². The molecule has 0 saturated heterocycles. The molecule has 0 fully saturated rings. The molecule has 1 heterocycles. The van der Waals surface area contributed by atoms with E-state index in [0.717, 1.165) is 22.4 Å². The third-order valence-electron chi connectivity index (χ3n) is 4.46. The van der Waals surface area contributed by atoms with Crippen LogP contribution in [0.4, 0.5) is 0 Å². The van der Waals surface area contributed by atoms with Crippen molar-refractivity contribution in [1.82, 2.24) is 0 Å². The van der Waals surface area contributed by atoms with Crippen LogP contribution in [0.25, 0.3) is 0 Å². The zero-order chi connectivity index (χ0) is 19.4. The number of ether oxygens (including phenoxy) is 1. The summed E-state index contributed by atoms with van der Waals surface area (Å²) >= 11 is 1.51. The maximum Gasteiger partial charge on any atom is 0.314 e. The topological polar surface area (TPSA) is 71.2 Å². The summed E-state index contributed by atoms with van der Waals surface area (Å²) in [5.41, 5.74) is 3.70. The SMILES string of the molecule is COc1ccc(CSC2=NC(c3cccc(C)c3)C(C(=O)O)C(C)=N2)cc1.